The Morgan fingerprint density at radius 2 is 2.36 bits per heavy atom. The lowest BCUT2D eigenvalue weighted by molar-refractivity contribution is 0.367. The second-order valence-electron chi connectivity index (χ2n) is 3.91. The topological polar surface area (TPSA) is 37.8 Å². The SMILES string of the molecule is CCNC(c1csnn1)C1CCCC1. The van der Waals surface area contributed by atoms with Gasteiger partial charge in [-0.15, -0.1) is 5.10 Å². The zero-order chi connectivity index (χ0) is 9.80. The summed E-state index contributed by atoms with van der Waals surface area (Å²) in [4.78, 5) is 0. The molecule has 1 fully saturated rings. The van der Waals surface area contributed by atoms with Gasteiger partial charge < -0.3 is 5.32 Å². The Hall–Kier alpha value is -0.480. The van der Waals surface area contributed by atoms with Crippen LogP contribution in [0.15, 0.2) is 5.38 Å². The van der Waals surface area contributed by atoms with E-state index in [0.717, 1.165) is 18.2 Å². The molecule has 1 aromatic heterocycles. The van der Waals surface area contributed by atoms with Crippen molar-refractivity contribution in [2.75, 3.05) is 6.54 Å². The van der Waals surface area contributed by atoms with Crippen molar-refractivity contribution in [1.29, 1.82) is 0 Å². The third kappa shape index (κ3) is 2.12. The van der Waals surface area contributed by atoms with Gasteiger partial charge in [0.05, 0.1) is 11.7 Å². The van der Waals surface area contributed by atoms with Crippen molar-refractivity contribution in [1.82, 2.24) is 14.9 Å². The Kier molecular flexibility index (Phi) is 3.48. The molecule has 0 amide bonds. The fourth-order valence-corrected chi connectivity index (χ4v) is 2.82. The van der Waals surface area contributed by atoms with Crippen molar-refractivity contribution < 1.29 is 0 Å². The highest BCUT2D eigenvalue weighted by Crippen LogP contribution is 2.35. The lowest BCUT2D eigenvalue weighted by Gasteiger charge is -2.21. The molecule has 1 N–H and O–H groups in total. The van der Waals surface area contributed by atoms with Crippen molar-refractivity contribution in [2.24, 2.45) is 5.92 Å². The molecule has 4 heteroatoms. The van der Waals surface area contributed by atoms with Gasteiger partial charge in [0.1, 0.15) is 0 Å². The van der Waals surface area contributed by atoms with E-state index in [0.29, 0.717) is 6.04 Å². The Morgan fingerprint density at radius 3 is 2.93 bits per heavy atom. The molecule has 0 saturated heterocycles. The van der Waals surface area contributed by atoms with Gasteiger partial charge in [-0.1, -0.05) is 24.3 Å². The van der Waals surface area contributed by atoms with E-state index >= 15 is 0 Å². The first-order valence-electron chi connectivity index (χ1n) is 5.42. The highest BCUT2D eigenvalue weighted by molar-refractivity contribution is 7.03. The summed E-state index contributed by atoms with van der Waals surface area (Å²) in [6.45, 7) is 3.17. The van der Waals surface area contributed by atoms with Crippen LogP contribution in [0.25, 0.3) is 0 Å². The molecule has 0 spiro atoms. The van der Waals surface area contributed by atoms with Crippen LogP contribution in [-0.4, -0.2) is 16.1 Å². The minimum Gasteiger partial charge on any atom is -0.309 e. The summed E-state index contributed by atoms with van der Waals surface area (Å²) in [6, 6.07) is 0.446. The Morgan fingerprint density at radius 1 is 1.57 bits per heavy atom. The summed E-state index contributed by atoms with van der Waals surface area (Å²) < 4.78 is 3.95. The number of nitrogens with zero attached hydrogens (tertiary/aromatic N) is 2. The van der Waals surface area contributed by atoms with Crippen molar-refractivity contribution in [3.63, 3.8) is 0 Å². The van der Waals surface area contributed by atoms with Crippen LogP contribution in [0, 0.1) is 5.92 Å². The molecule has 78 valence electrons. The van der Waals surface area contributed by atoms with Crippen LogP contribution < -0.4 is 5.32 Å². The molecule has 1 saturated carbocycles. The second-order valence-corrected chi connectivity index (χ2v) is 4.52. The van der Waals surface area contributed by atoms with Gasteiger partial charge in [-0.25, -0.2) is 0 Å². The fraction of sp³-hybridized carbons (Fsp3) is 0.800. The maximum atomic E-state index is 4.19. The third-order valence-corrected chi connectivity index (χ3v) is 3.51. The summed E-state index contributed by atoms with van der Waals surface area (Å²) in [6.07, 6.45) is 5.44. The number of rotatable bonds is 4. The van der Waals surface area contributed by atoms with E-state index in [1.54, 1.807) is 0 Å². The molecule has 1 unspecified atom stereocenters. The van der Waals surface area contributed by atoms with E-state index in [4.69, 9.17) is 0 Å². The van der Waals surface area contributed by atoms with Crippen LogP contribution in [0.5, 0.6) is 0 Å². The van der Waals surface area contributed by atoms with Gasteiger partial charge in [0.25, 0.3) is 0 Å². The molecule has 0 radical (unpaired) electrons. The van der Waals surface area contributed by atoms with Crippen LogP contribution in [0.1, 0.15) is 44.3 Å². The number of nitrogens with one attached hydrogen (secondary N) is 1. The van der Waals surface area contributed by atoms with Crippen molar-refractivity contribution in [3.8, 4) is 0 Å². The van der Waals surface area contributed by atoms with E-state index in [-0.39, 0.29) is 0 Å². The molecule has 1 aromatic rings. The largest absolute Gasteiger partial charge is 0.309 e. The van der Waals surface area contributed by atoms with Gasteiger partial charge in [-0.3, -0.25) is 0 Å². The molecular formula is C10H17N3S. The van der Waals surface area contributed by atoms with E-state index in [2.05, 4.69) is 27.2 Å². The predicted octanol–water partition coefficient (Wildman–Crippen LogP) is 2.38. The molecule has 0 aliphatic heterocycles. The molecule has 1 atom stereocenters. The van der Waals surface area contributed by atoms with Gasteiger partial charge in [-0.05, 0) is 36.8 Å². The minimum absolute atomic E-state index is 0.446. The van der Waals surface area contributed by atoms with Crippen LogP contribution in [0.3, 0.4) is 0 Å². The van der Waals surface area contributed by atoms with Gasteiger partial charge in [-0.2, -0.15) is 0 Å². The van der Waals surface area contributed by atoms with Gasteiger partial charge in [0, 0.05) is 5.38 Å². The van der Waals surface area contributed by atoms with E-state index < -0.39 is 0 Å². The van der Waals surface area contributed by atoms with E-state index in [9.17, 15) is 0 Å². The molecule has 0 bridgehead atoms. The Bertz CT molecular complexity index is 254. The minimum atomic E-state index is 0.446. The monoisotopic (exact) mass is 211 g/mol. The quantitative estimate of drug-likeness (QED) is 0.831. The highest BCUT2D eigenvalue weighted by atomic mass is 32.1. The third-order valence-electron chi connectivity index (χ3n) is 2.99. The molecule has 1 aliphatic carbocycles. The summed E-state index contributed by atoms with van der Waals surface area (Å²) in [5.74, 6) is 0.777. The van der Waals surface area contributed by atoms with E-state index in [1.807, 2.05) is 0 Å². The molecule has 2 rings (SSSR count). The number of aromatic nitrogens is 2. The number of hydrogen-bond donors (Lipinski definition) is 1. The summed E-state index contributed by atoms with van der Waals surface area (Å²) in [5, 5.41) is 9.79. The molecule has 14 heavy (non-hydrogen) atoms. The molecule has 1 aliphatic rings. The Balaban J connectivity index is 2.06. The first-order chi connectivity index (χ1) is 6.92. The smallest absolute Gasteiger partial charge is 0.0927 e. The van der Waals surface area contributed by atoms with E-state index in [1.165, 1.54) is 37.2 Å². The zero-order valence-corrected chi connectivity index (χ0v) is 9.39. The number of hydrogen-bond acceptors (Lipinski definition) is 4. The average Bonchev–Trinajstić information content (AvgIpc) is 2.87. The first-order valence-corrected chi connectivity index (χ1v) is 6.25. The van der Waals surface area contributed by atoms with Crippen molar-refractivity contribution in [3.05, 3.63) is 11.1 Å². The van der Waals surface area contributed by atoms with Crippen LogP contribution >= 0.6 is 11.5 Å². The summed E-state index contributed by atoms with van der Waals surface area (Å²) in [5.41, 5.74) is 1.14. The first kappa shape index (κ1) is 10.1. The van der Waals surface area contributed by atoms with Crippen LogP contribution in [0.4, 0.5) is 0 Å². The van der Waals surface area contributed by atoms with Crippen LogP contribution in [0.2, 0.25) is 0 Å². The molecule has 0 aromatic carbocycles. The Labute approximate surface area is 89.1 Å². The lowest BCUT2D eigenvalue weighted by atomic mass is 9.96. The highest BCUT2D eigenvalue weighted by Gasteiger charge is 2.27. The maximum absolute atomic E-state index is 4.19. The van der Waals surface area contributed by atoms with Crippen molar-refractivity contribution in [2.45, 2.75) is 38.6 Å². The fourth-order valence-electron chi connectivity index (χ4n) is 2.33. The van der Waals surface area contributed by atoms with Crippen LogP contribution in [-0.2, 0) is 0 Å². The standard InChI is InChI=1S/C10H17N3S/c1-2-11-10(8-5-3-4-6-8)9-7-14-13-12-9/h7-8,10-11H,2-6H2,1H3. The molecule has 1 heterocycles. The normalized spacial score (nSPS) is 20.1. The molecule has 3 nitrogen and oxygen atoms in total. The van der Waals surface area contributed by atoms with Gasteiger partial charge in [0.2, 0.25) is 0 Å². The van der Waals surface area contributed by atoms with Gasteiger partial charge in [0.15, 0.2) is 0 Å². The summed E-state index contributed by atoms with van der Waals surface area (Å²) >= 11 is 1.45. The zero-order valence-electron chi connectivity index (χ0n) is 8.57. The maximum Gasteiger partial charge on any atom is 0.0927 e. The average molecular weight is 211 g/mol. The summed E-state index contributed by atoms with van der Waals surface area (Å²) in [7, 11) is 0. The van der Waals surface area contributed by atoms with Gasteiger partial charge >= 0.3 is 0 Å². The lowest BCUT2D eigenvalue weighted by Crippen LogP contribution is -2.27. The van der Waals surface area contributed by atoms with Crippen molar-refractivity contribution >= 4 is 11.5 Å². The molecular weight excluding hydrogens is 194 g/mol. The predicted molar refractivity (Wildman–Crippen MR) is 58.3 cm³/mol. The second kappa shape index (κ2) is 4.84.